The summed E-state index contributed by atoms with van der Waals surface area (Å²) in [5.41, 5.74) is 0.439. The molecular formula is C32H57N5O13P2. The lowest BCUT2D eigenvalue weighted by molar-refractivity contribution is -0.0530. The van der Waals surface area contributed by atoms with Crippen molar-refractivity contribution in [2.24, 2.45) is 12.2 Å². The van der Waals surface area contributed by atoms with Crippen molar-refractivity contribution in [2.45, 2.75) is 72.7 Å². The highest BCUT2D eigenvalue weighted by atomic mass is 31.2. The van der Waals surface area contributed by atoms with E-state index in [-0.39, 0.29) is 12.1 Å². The molecule has 1 aromatic carbocycles. The number of esters is 1. The second-order valence-corrected chi connectivity index (χ2v) is 15.5. The predicted molar refractivity (Wildman–Crippen MR) is 193 cm³/mol. The minimum absolute atomic E-state index is 0.0274. The normalized spacial score (nSPS) is 20.1. The molecular weight excluding hydrogens is 724 g/mol. The van der Waals surface area contributed by atoms with E-state index >= 15 is 0 Å². The van der Waals surface area contributed by atoms with E-state index in [9.17, 15) is 33.8 Å². The van der Waals surface area contributed by atoms with Crippen LogP contribution < -0.4 is 11.2 Å². The fraction of sp³-hybridized carbons (Fsp3) is 0.656. The van der Waals surface area contributed by atoms with Crippen molar-refractivity contribution in [3.63, 3.8) is 0 Å². The Morgan fingerprint density at radius 2 is 1.40 bits per heavy atom. The predicted octanol–water partition coefficient (Wildman–Crippen LogP) is 1.66. The molecule has 2 heterocycles. The van der Waals surface area contributed by atoms with Crippen LogP contribution in [-0.2, 0) is 41.6 Å². The fourth-order valence-corrected chi connectivity index (χ4v) is 7.38. The van der Waals surface area contributed by atoms with Crippen LogP contribution in [0.15, 0.2) is 46.5 Å². The molecule has 0 amide bonds. The van der Waals surface area contributed by atoms with Crippen LogP contribution in [-0.4, -0.2) is 127 Å². The number of carbonyl (C=O) groups excluding carboxylic acids is 1. The summed E-state index contributed by atoms with van der Waals surface area (Å²) in [7, 11) is -6.94. The molecule has 0 saturated carbocycles. The van der Waals surface area contributed by atoms with Gasteiger partial charge in [0, 0.05) is 19.3 Å². The van der Waals surface area contributed by atoms with Crippen molar-refractivity contribution in [3.05, 3.63) is 63.6 Å². The average Bonchev–Trinajstić information content (AvgIpc) is 3.39. The van der Waals surface area contributed by atoms with E-state index in [1.165, 1.54) is 65.7 Å². The van der Waals surface area contributed by atoms with Gasteiger partial charge in [0.1, 0.15) is 24.9 Å². The van der Waals surface area contributed by atoms with Crippen molar-refractivity contribution in [1.29, 1.82) is 0 Å². The van der Waals surface area contributed by atoms with Gasteiger partial charge in [-0.2, -0.15) is 0 Å². The minimum atomic E-state index is -4.86. The second-order valence-electron chi connectivity index (χ2n) is 11.5. The number of rotatable bonds is 16. The first-order chi connectivity index (χ1) is 24.4. The zero-order valence-corrected chi connectivity index (χ0v) is 33.1. The average molecular weight is 782 g/mol. The summed E-state index contributed by atoms with van der Waals surface area (Å²) < 4.78 is 39.6. The molecule has 0 radical (unpaired) electrons. The van der Waals surface area contributed by atoms with E-state index in [0.717, 1.165) is 9.13 Å². The van der Waals surface area contributed by atoms with Gasteiger partial charge in [-0.3, -0.25) is 18.3 Å². The molecule has 18 nitrogen and oxygen atoms in total. The molecule has 20 heteroatoms. The Labute approximate surface area is 304 Å². The summed E-state index contributed by atoms with van der Waals surface area (Å²) in [6.07, 6.45) is -4.87. The number of hydrogen-bond acceptors (Lipinski definition) is 13. The van der Waals surface area contributed by atoms with Crippen LogP contribution in [0.5, 0.6) is 0 Å². The minimum Gasteiger partial charge on any atom is -0.465 e. The zero-order valence-electron chi connectivity index (χ0n) is 31.3. The number of hydrogen-bond donors (Lipinski definition) is 5. The highest BCUT2D eigenvalue weighted by Gasteiger charge is 2.45. The van der Waals surface area contributed by atoms with Gasteiger partial charge in [-0.15, -0.1) is 0 Å². The quantitative estimate of drug-likeness (QED) is 0.0926. The summed E-state index contributed by atoms with van der Waals surface area (Å²) in [5, 5.41) is 24.5. The van der Waals surface area contributed by atoms with Gasteiger partial charge in [0.25, 0.3) is 0 Å². The van der Waals surface area contributed by atoms with Gasteiger partial charge < -0.3 is 53.5 Å². The number of methoxy groups -OCH3 is 1. The van der Waals surface area contributed by atoms with Crippen LogP contribution >= 0.6 is 15.2 Å². The molecule has 3 rings (SSSR count). The summed E-state index contributed by atoms with van der Waals surface area (Å²) >= 11 is 0. The lowest BCUT2D eigenvalue weighted by Gasteiger charge is -2.19. The van der Waals surface area contributed by atoms with Crippen LogP contribution in [0, 0.1) is 0 Å². The fourth-order valence-electron chi connectivity index (χ4n) is 4.81. The first kappa shape index (κ1) is 47.3. The van der Waals surface area contributed by atoms with Crippen molar-refractivity contribution < 1.29 is 57.7 Å². The summed E-state index contributed by atoms with van der Waals surface area (Å²) in [4.78, 5) is 61.7. The number of nitrogens with zero attached hydrogens (tertiary/aromatic N) is 5. The number of aliphatic hydroxyl groups excluding tert-OH is 2. The molecule has 2 aromatic rings. The van der Waals surface area contributed by atoms with Crippen molar-refractivity contribution >= 4 is 21.2 Å². The molecule has 1 unspecified atom stereocenters. The van der Waals surface area contributed by atoms with E-state index < -0.39 is 63.9 Å². The molecule has 0 aliphatic carbocycles. The van der Waals surface area contributed by atoms with Gasteiger partial charge in [0.05, 0.1) is 19.3 Å². The van der Waals surface area contributed by atoms with Crippen LogP contribution in [0.4, 0.5) is 0 Å². The molecule has 52 heavy (non-hydrogen) atoms. The van der Waals surface area contributed by atoms with Gasteiger partial charge in [0.15, 0.2) is 17.6 Å². The van der Waals surface area contributed by atoms with Gasteiger partial charge in [-0.1, -0.05) is 58.8 Å². The molecule has 0 bridgehead atoms. The van der Waals surface area contributed by atoms with Crippen molar-refractivity contribution in [2.75, 3.05) is 58.9 Å². The Morgan fingerprint density at radius 1 is 0.885 bits per heavy atom. The van der Waals surface area contributed by atoms with E-state index in [0.29, 0.717) is 11.1 Å². The van der Waals surface area contributed by atoms with Gasteiger partial charge in [-0.25, -0.2) is 9.59 Å². The highest BCUT2D eigenvalue weighted by Crippen LogP contribution is 2.55. The van der Waals surface area contributed by atoms with E-state index in [1.807, 2.05) is 0 Å². The number of aliphatic hydroxyl groups is 2. The van der Waals surface area contributed by atoms with Gasteiger partial charge in [-0.05, 0) is 57.0 Å². The van der Waals surface area contributed by atoms with E-state index in [1.54, 1.807) is 24.3 Å². The van der Waals surface area contributed by atoms with Crippen LogP contribution in [0.2, 0.25) is 0 Å². The van der Waals surface area contributed by atoms with Crippen LogP contribution in [0.3, 0.4) is 0 Å². The monoisotopic (exact) mass is 781 g/mol. The van der Waals surface area contributed by atoms with Gasteiger partial charge in [0.2, 0.25) is 0 Å². The zero-order chi connectivity index (χ0) is 39.6. The number of ether oxygens (including phenoxy) is 2. The first-order valence-corrected chi connectivity index (χ1v) is 20.6. The Morgan fingerprint density at radius 3 is 1.85 bits per heavy atom. The third-order valence-corrected chi connectivity index (χ3v) is 11.6. The second kappa shape index (κ2) is 23.1. The van der Waals surface area contributed by atoms with E-state index in [4.69, 9.17) is 19.4 Å². The topological polar surface area (TPSA) is 235 Å². The van der Waals surface area contributed by atoms with Crippen molar-refractivity contribution in [3.8, 4) is 0 Å². The molecule has 1 fully saturated rings. The molecule has 1 aliphatic heterocycles. The SMILES string of the molecule is CCN(CC)CC.CCN(CC)CC.COC(=O)c1ccc(CO/N=c2/ccn([C@@H]3O[C@H](COP(=O)(O)CP(=O)(O)O)[C@@H](O)[C@H]3O)c(=O)n2C)cc1. The Hall–Kier alpha value is -2.73. The third kappa shape index (κ3) is 15.7. The number of benzene rings is 1. The molecule has 298 valence electrons. The molecule has 5 N–H and O–H groups in total. The lowest BCUT2D eigenvalue weighted by atomic mass is 10.1. The summed E-state index contributed by atoms with van der Waals surface area (Å²) in [6.45, 7) is 19.5. The maximum absolute atomic E-state index is 12.9. The maximum atomic E-state index is 12.9. The third-order valence-electron chi connectivity index (χ3n) is 8.10. The molecule has 1 aliphatic rings. The Balaban J connectivity index is 0.000000812. The first-order valence-electron chi connectivity index (χ1n) is 17.0. The molecule has 1 aromatic heterocycles. The highest BCUT2D eigenvalue weighted by molar-refractivity contribution is 7.70. The summed E-state index contributed by atoms with van der Waals surface area (Å²) in [6, 6.07) is 7.78. The summed E-state index contributed by atoms with van der Waals surface area (Å²) in [5.74, 6) is -1.92. The lowest BCUT2D eigenvalue weighted by Crippen LogP contribution is -2.42. The molecule has 0 spiro atoms. The standard InChI is InChI=1S/C20H27N3O13P2.2C6H15N/c1-22-15(21-34-9-12-3-5-13(6-4-12)19(26)33-2)7-8-23(20(22)27)18-17(25)16(24)14(36-18)10-35-38(31,32)11-37(28,29)30;2*1-4-7(5-2)6-3/h3-8,14,16-18,24-25H,9-11H2,1-2H3,(H,31,32)(H2,28,29,30);2*4-6H2,1-3H3/b21-15-;;/t14-,16-,17-,18-;;/m1../s1. The molecule has 1 saturated heterocycles. The number of carbonyl (C=O) groups is 1. The molecule has 5 atom stereocenters. The van der Waals surface area contributed by atoms with Crippen LogP contribution in [0.25, 0.3) is 0 Å². The Bertz CT molecular complexity index is 1550. The van der Waals surface area contributed by atoms with Crippen LogP contribution in [0.1, 0.15) is 63.7 Å². The van der Waals surface area contributed by atoms with Crippen molar-refractivity contribution in [1.82, 2.24) is 18.9 Å². The Kier molecular flexibility index (Phi) is 21.0. The van der Waals surface area contributed by atoms with Gasteiger partial charge >= 0.3 is 26.9 Å². The largest absolute Gasteiger partial charge is 0.465 e. The van der Waals surface area contributed by atoms with E-state index in [2.05, 4.69) is 65.8 Å². The number of aromatic nitrogens is 2. The maximum Gasteiger partial charge on any atom is 0.340 e. The smallest absolute Gasteiger partial charge is 0.340 e.